The topological polar surface area (TPSA) is 66.1 Å². The molecule has 19 heavy (non-hydrogen) atoms. The van der Waals surface area contributed by atoms with Crippen molar-refractivity contribution in [3.63, 3.8) is 0 Å². The van der Waals surface area contributed by atoms with E-state index < -0.39 is 0 Å². The van der Waals surface area contributed by atoms with Gasteiger partial charge in [-0.15, -0.1) is 0 Å². The fourth-order valence-corrected chi connectivity index (χ4v) is 2.40. The maximum atomic E-state index is 9.15. The molecule has 0 spiro atoms. The minimum Gasteiger partial charge on any atom is -0.374 e. The molecular weight excluding hydrogens is 242 g/mol. The molecule has 0 amide bonds. The van der Waals surface area contributed by atoms with Crippen LogP contribution in [0.15, 0.2) is 0 Å². The minimum absolute atomic E-state index is 0.162. The first kappa shape index (κ1) is 13.8. The Labute approximate surface area is 113 Å². The number of rotatable bonds is 4. The second-order valence-corrected chi connectivity index (χ2v) is 4.81. The van der Waals surface area contributed by atoms with Crippen LogP contribution in [0.25, 0.3) is 0 Å². The van der Waals surface area contributed by atoms with Gasteiger partial charge in [0.2, 0.25) is 0 Å². The van der Waals surface area contributed by atoms with Crippen LogP contribution in [-0.2, 0) is 11.8 Å². The molecule has 1 fully saturated rings. The summed E-state index contributed by atoms with van der Waals surface area (Å²) in [4.78, 5) is 2.37. The summed E-state index contributed by atoms with van der Waals surface area (Å²) in [6.07, 6.45) is 0.162. The number of nitrogens with one attached hydrogen (secondary N) is 1. The summed E-state index contributed by atoms with van der Waals surface area (Å²) in [6, 6.07) is 2.20. The summed E-state index contributed by atoms with van der Waals surface area (Å²) in [5, 5.41) is 16.7. The SMILES string of the molecule is CCN1CCOC(CNc2c(C#N)c(C)nn2C)C1. The molecular formula is C13H21N5O. The van der Waals surface area contributed by atoms with Crippen LogP contribution in [0.4, 0.5) is 5.82 Å². The van der Waals surface area contributed by atoms with Gasteiger partial charge in [0.15, 0.2) is 0 Å². The fraction of sp³-hybridized carbons (Fsp3) is 0.692. The molecule has 0 radical (unpaired) electrons. The van der Waals surface area contributed by atoms with Crippen LogP contribution >= 0.6 is 0 Å². The molecule has 1 saturated heterocycles. The second kappa shape index (κ2) is 6.04. The molecule has 0 aliphatic carbocycles. The van der Waals surface area contributed by atoms with Gasteiger partial charge in [0.1, 0.15) is 17.5 Å². The predicted octanol–water partition coefficient (Wildman–Crippen LogP) is 0.733. The van der Waals surface area contributed by atoms with Gasteiger partial charge in [-0.2, -0.15) is 10.4 Å². The predicted molar refractivity (Wildman–Crippen MR) is 73.0 cm³/mol. The van der Waals surface area contributed by atoms with Gasteiger partial charge in [-0.1, -0.05) is 6.92 Å². The summed E-state index contributed by atoms with van der Waals surface area (Å²) < 4.78 is 7.45. The quantitative estimate of drug-likeness (QED) is 0.867. The average Bonchev–Trinajstić information content (AvgIpc) is 2.70. The van der Waals surface area contributed by atoms with Crippen LogP contribution in [0.3, 0.4) is 0 Å². The van der Waals surface area contributed by atoms with Crippen LogP contribution in [0.2, 0.25) is 0 Å². The van der Waals surface area contributed by atoms with Crippen molar-refractivity contribution < 1.29 is 4.74 Å². The van der Waals surface area contributed by atoms with Gasteiger partial charge in [0.25, 0.3) is 0 Å². The molecule has 104 valence electrons. The Morgan fingerprint density at radius 3 is 3.05 bits per heavy atom. The molecule has 0 saturated carbocycles. The van der Waals surface area contributed by atoms with Gasteiger partial charge in [-0.05, 0) is 13.5 Å². The van der Waals surface area contributed by atoms with Crippen molar-refractivity contribution in [2.75, 3.05) is 38.1 Å². The second-order valence-electron chi connectivity index (χ2n) is 4.81. The smallest absolute Gasteiger partial charge is 0.142 e. The molecule has 1 atom stereocenters. The molecule has 1 unspecified atom stereocenters. The minimum atomic E-state index is 0.162. The summed E-state index contributed by atoms with van der Waals surface area (Å²) in [7, 11) is 1.84. The molecule has 2 heterocycles. The number of anilines is 1. The highest BCUT2D eigenvalue weighted by atomic mass is 16.5. The highest BCUT2D eigenvalue weighted by Gasteiger charge is 2.20. The third-order valence-electron chi connectivity index (χ3n) is 3.50. The standard InChI is InChI=1S/C13H21N5O/c1-4-18-5-6-19-11(9-18)8-15-13-12(7-14)10(2)16-17(13)3/h11,15H,4-6,8-9H2,1-3H3. The number of hydrogen-bond donors (Lipinski definition) is 1. The van der Waals surface area contributed by atoms with E-state index in [1.807, 2.05) is 14.0 Å². The largest absolute Gasteiger partial charge is 0.374 e. The molecule has 2 rings (SSSR count). The summed E-state index contributed by atoms with van der Waals surface area (Å²) in [6.45, 7) is 8.46. The van der Waals surface area contributed by atoms with Crippen LogP contribution in [0.1, 0.15) is 18.2 Å². The normalized spacial score (nSPS) is 20.2. The summed E-state index contributed by atoms with van der Waals surface area (Å²) in [5.74, 6) is 0.775. The molecule has 1 aliphatic heterocycles. The van der Waals surface area contributed by atoms with Crippen molar-refractivity contribution in [1.82, 2.24) is 14.7 Å². The third kappa shape index (κ3) is 3.06. The van der Waals surface area contributed by atoms with Gasteiger partial charge in [0.05, 0.1) is 18.4 Å². The first-order valence-electron chi connectivity index (χ1n) is 6.67. The number of nitriles is 1. The lowest BCUT2D eigenvalue weighted by Gasteiger charge is -2.32. The molecule has 1 aromatic rings. The Balaban J connectivity index is 1.97. The molecule has 1 aliphatic rings. The highest BCUT2D eigenvalue weighted by molar-refractivity contribution is 5.55. The van der Waals surface area contributed by atoms with E-state index in [1.54, 1.807) is 4.68 Å². The molecule has 0 bridgehead atoms. The summed E-state index contributed by atoms with van der Waals surface area (Å²) in [5.41, 5.74) is 1.37. The van der Waals surface area contributed by atoms with Crippen LogP contribution < -0.4 is 5.32 Å². The zero-order valence-electron chi connectivity index (χ0n) is 11.8. The average molecular weight is 263 g/mol. The fourth-order valence-electron chi connectivity index (χ4n) is 2.40. The zero-order chi connectivity index (χ0) is 13.8. The van der Waals surface area contributed by atoms with E-state index in [1.165, 1.54) is 0 Å². The van der Waals surface area contributed by atoms with Crippen molar-refractivity contribution in [3.05, 3.63) is 11.3 Å². The third-order valence-corrected chi connectivity index (χ3v) is 3.50. The number of ether oxygens (including phenoxy) is 1. The molecule has 6 heteroatoms. The van der Waals surface area contributed by atoms with E-state index in [4.69, 9.17) is 10.00 Å². The Bertz CT molecular complexity index is 476. The van der Waals surface area contributed by atoms with E-state index in [9.17, 15) is 0 Å². The Hall–Kier alpha value is -1.58. The van der Waals surface area contributed by atoms with Crippen molar-refractivity contribution in [1.29, 1.82) is 5.26 Å². The zero-order valence-corrected chi connectivity index (χ0v) is 11.8. The van der Waals surface area contributed by atoms with Crippen molar-refractivity contribution >= 4 is 5.82 Å². The molecule has 0 aromatic carbocycles. The molecule has 1 N–H and O–H groups in total. The lowest BCUT2D eigenvalue weighted by atomic mass is 10.2. The van der Waals surface area contributed by atoms with E-state index in [0.717, 1.165) is 37.8 Å². The lowest BCUT2D eigenvalue weighted by Crippen LogP contribution is -2.45. The van der Waals surface area contributed by atoms with Crippen LogP contribution in [0.5, 0.6) is 0 Å². The first-order valence-corrected chi connectivity index (χ1v) is 6.67. The molecule has 6 nitrogen and oxygen atoms in total. The van der Waals surface area contributed by atoms with E-state index in [0.29, 0.717) is 12.1 Å². The van der Waals surface area contributed by atoms with Gasteiger partial charge in [0, 0.05) is 26.7 Å². The van der Waals surface area contributed by atoms with E-state index >= 15 is 0 Å². The Morgan fingerprint density at radius 1 is 1.58 bits per heavy atom. The van der Waals surface area contributed by atoms with Crippen molar-refractivity contribution in [3.8, 4) is 6.07 Å². The molecule has 1 aromatic heterocycles. The maximum Gasteiger partial charge on any atom is 0.142 e. The monoisotopic (exact) mass is 263 g/mol. The Kier molecular flexibility index (Phi) is 4.40. The van der Waals surface area contributed by atoms with Crippen molar-refractivity contribution in [2.45, 2.75) is 20.0 Å². The van der Waals surface area contributed by atoms with Gasteiger partial charge in [-0.25, -0.2) is 0 Å². The highest BCUT2D eigenvalue weighted by Crippen LogP contribution is 2.17. The van der Waals surface area contributed by atoms with Crippen molar-refractivity contribution in [2.24, 2.45) is 7.05 Å². The van der Waals surface area contributed by atoms with Gasteiger partial charge < -0.3 is 10.1 Å². The number of aromatic nitrogens is 2. The lowest BCUT2D eigenvalue weighted by molar-refractivity contribution is -0.0192. The number of hydrogen-bond acceptors (Lipinski definition) is 5. The van der Waals surface area contributed by atoms with E-state index in [-0.39, 0.29) is 6.10 Å². The summed E-state index contributed by atoms with van der Waals surface area (Å²) >= 11 is 0. The number of aryl methyl sites for hydroxylation is 2. The number of morpholine rings is 1. The van der Waals surface area contributed by atoms with Crippen LogP contribution in [-0.4, -0.2) is 53.6 Å². The van der Waals surface area contributed by atoms with Gasteiger partial charge in [-0.3, -0.25) is 9.58 Å². The van der Waals surface area contributed by atoms with Gasteiger partial charge >= 0.3 is 0 Å². The van der Waals surface area contributed by atoms with E-state index in [2.05, 4.69) is 28.3 Å². The maximum absolute atomic E-state index is 9.15. The number of likely N-dealkylation sites (N-methyl/N-ethyl adjacent to an activating group) is 1. The number of nitrogens with zero attached hydrogens (tertiary/aromatic N) is 4. The van der Waals surface area contributed by atoms with Crippen LogP contribution in [0, 0.1) is 18.3 Å². The first-order chi connectivity index (χ1) is 9.15. The Morgan fingerprint density at radius 2 is 2.37 bits per heavy atom.